The van der Waals surface area contributed by atoms with Crippen molar-refractivity contribution in [2.24, 2.45) is 0 Å². The van der Waals surface area contributed by atoms with Gasteiger partial charge >= 0.3 is 5.97 Å². The molecule has 0 heterocycles. The summed E-state index contributed by atoms with van der Waals surface area (Å²) in [4.78, 5) is 23.2. The van der Waals surface area contributed by atoms with Gasteiger partial charge in [-0.3, -0.25) is 4.79 Å². The summed E-state index contributed by atoms with van der Waals surface area (Å²) in [6.45, 7) is 0.215. The van der Waals surface area contributed by atoms with Crippen molar-refractivity contribution in [2.75, 3.05) is 13.2 Å². The largest absolute Gasteiger partial charge is 0.452 e. The van der Waals surface area contributed by atoms with Crippen LogP contribution in [0.2, 0.25) is 0 Å². The van der Waals surface area contributed by atoms with E-state index < -0.39 is 11.8 Å². The predicted octanol–water partition coefficient (Wildman–Crippen LogP) is 3.39. The van der Waals surface area contributed by atoms with Crippen molar-refractivity contribution in [3.63, 3.8) is 0 Å². The number of nitrogens with one attached hydrogen (secondary N) is 1. The van der Waals surface area contributed by atoms with Crippen molar-refractivity contribution in [3.05, 3.63) is 53.4 Å². The molecule has 0 saturated heterocycles. The summed E-state index contributed by atoms with van der Waals surface area (Å²) >= 11 is 0. The number of benzene rings is 1. The quantitative estimate of drug-likeness (QED) is 0.473. The molecule has 0 spiro atoms. The Labute approximate surface area is 141 Å². The molecule has 1 N–H and O–H groups in total. The second-order valence-electron chi connectivity index (χ2n) is 5.67. The van der Waals surface area contributed by atoms with Crippen LogP contribution < -0.4 is 5.32 Å². The minimum absolute atomic E-state index is 0.291. The third-order valence-electron chi connectivity index (χ3n) is 3.80. The number of allylic oxidation sites excluding steroid dienone is 1. The molecule has 1 aliphatic rings. The van der Waals surface area contributed by atoms with Gasteiger partial charge in [-0.25, -0.2) is 9.18 Å². The van der Waals surface area contributed by atoms with Gasteiger partial charge in [-0.15, -0.1) is 0 Å². The fourth-order valence-corrected chi connectivity index (χ4v) is 2.50. The van der Waals surface area contributed by atoms with Crippen LogP contribution in [0.5, 0.6) is 0 Å². The second-order valence-corrected chi connectivity index (χ2v) is 5.67. The Morgan fingerprint density at radius 2 is 2.08 bits per heavy atom. The monoisotopic (exact) mass is 331 g/mol. The standard InChI is InChI=1S/C19H22FNO3/c20-17-9-5-4-8-16(17)10-11-19(23)24-14-18(22)21-13-12-15-6-2-1-3-7-15/h4-6,8-11H,1-3,7,12-14H2,(H,21,22)/b11-10+. The molecule has 0 aromatic heterocycles. The molecule has 4 nitrogen and oxygen atoms in total. The molecule has 128 valence electrons. The lowest BCUT2D eigenvalue weighted by Gasteiger charge is -2.12. The molecule has 0 saturated carbocycles. The van der Waals surface area contributed by atoms with E-state index in [2.05, 4.69) is 11.4 Å². The maximum Gasteiger partial charge on any atom is 0.331 e. The summed E-state index contributed by atoms with van der Waals surface area (Å²) in [6.07, 6.45) is 10.2. The lowest BCUT2D eigenvalue weighted by molar-refractivity contribution is -0.143. The van der Waals surface area contributed by atoms with Crippen LogP contribution in [-0.2, 0) is 14.3 Å². The minimum Gasteiger partial charge on any atom is -0.452 e. The van der Waals surface area contributed by atoms with E-state index in [-0.39, 0.29) is 12.5 Å². The second kappa shape index (κ2) is 9.65. The highest BCUT2D eigenvalue weighted by atomic mass is 19.1. The molecule has 1 aromatic rings. The fraction of sp³-hybridized carbons (Fsp3) is 0.368. The van der Waals surface area contributed by atoms with E-state index in [1.54, 1.807) is 18.2 Å². The first-order valence-electron chi connectivity index (χ1n) is 8.19. The van der Waals surface area contributed by atoms with Crippen molar-refractivity contribution >= 4 is 18.0 Å². The van der Waals surface area contributed by atoms with Gasteiger partial charge in [0.1, 0.15) is 5.82 Å². The zero-order chi connectivity index (χ0) is 17.2. The summed E-state index contributed by atoms with van der Waals surface area (Å²) in [5, 5.41) is 2.73. The summed E-state index contributed by atoms with van der Waals surface area (Å²) < 4.78 is 18.2. The van der Waals surface area contributed by atoms with Crippen molar-refractivity contribution < 1.29 is 18.7 Å². The van der Waals surface area contributed by atoms with E-state index in [9.17, 15) is 14.0 Å². The summed E-state index contributed by atoms with van der Waals surface area (Å²) in [6, 6.07) is 6.09. The fourth-order valence-electron chi connectivity index (χ4n) is 2.50. The third-order valence-corrected chi connectivity index (χ3v) is 3.80. The van der Waals surface area contributed by atoms with Crippen LogP contribution in [0.4, 0.5) is 4.39 Å². The summed E-state index contributed by atoms with van der Waals surface area (Å²) in [5.41, 5.74) is 1.67. The van der Waals surface area contributed by atoms with E-state index in [4.69, 9.17) is 4.74 Å². The molecule has 5 heteroatoms. The Balaban J connectivity index is 1.65. The SMILES string of the molecule is O=C(COC(=O)/C=C/c1ccccc1F)NCCC1=CCCCC1. The molecule has 0 bridgehead atoms. The van der Waals surface area contributed by atoms with E-state index in [0.717, 1.165) is 25.3 Å². The number of amides is 1. The molecule has 0 fully saturated rings. The molecule has 0 atom stereocenters. The molecule has 2 rings (SSSR count). The first-order valence-corrected chi connectivity index (χ1v) is 8.19. The van der Waals surface area contributed by atoms with Crippen LogP contribution in [0, 0.1) is 5.82 Å². The molecule has 0 aliphatic heterocycles. The lowest BCUT2D eigenvalue weighted by atomic mass is 9.97. The van der Waals surface area contributed by atoms with Gasteiger partial charge in [0, 0.05) is 18.2 Å². The summed E-state index contributed by atoms with van der Waals surface area (Å²) in [5.74, 6) is -1.43. The maximum absolute atomic E-state index is 13.4. The minimum atomic E-state index is -0.677. The van der Waals surface area contributed by atoms with E-state index in [1.807, 2.05) is 0 Å². The number of hydrogen-bond acceptors (Lipinski definition) is 3. The average molecular weight is 331 g/mol. The van der Waals surface area contributed by atoms with Gasteiger partial charge in [-0.05, 0) is 44.2 Å². The van der Waals surface area contributed by atoms with Crippen LogP contribution in [-0.4, -0.2) is 25.0 Å². The Morgan fingerprint density at radius 1 is 1.25 bits per heavy atom. The zero-order valence-corrected chi connectivity index (χ0v) is 13.6. The molecular formula is C19H22FNO3. The van der Waals surface area contributed by atoms with Crippen LogP contribution in [0.1, 0.15) is 37.7 Å². The average Bonchev–Trinajstić information content (AvgIpc) is 2.60. The Bertz CT molecular complexity index is 637. The zero-order valence-electron chi connectivity index (χ0n) is 13.6. The number of carbonyl (C=O) groups excluding carboxylic acids is 2. The van der Waals surface area contributed by atoms with Crippen molar-refractivity contribution in [1.82, 2.24) is 5.32 Å². The third kappa shape index (κ3) is 6.36. The van der Waals surface area contributed by atoms with E-state index in [1.165, 1.54) is 30.6 Å². The number of ether oxygens (including phenoxy) is 1. The number of esters is 1. The van der Waals surface area contributed by atoms with Crippen LogP contribution in [0.25, 0.3) is 6.08 Å². The van der Waals surface area contributed by atoms with Gasteiger partial charge in [0.25, 0.3) is 5.91 Å². The molecule has 0 unspecified atom stereocenters. The van der Waals surface area contributed by atoms with Crippen molar-refractivity contribution in [1.29, 1.82) is 0 Å². The number of rotatable bonds is 7. The first kappa shape index (κ1) is 17.9. The van der Waals surface area contributed by atoms with Gasteiger partial charge < -0.3 is 10.1 Å². The Morgan fingerprint density at radius 3 is 2.83 bits per heavy atom. The van der Waals surface area contributed by atoms with Gasteiger partial charge in [0.05, 0.1) is 0 Å². The lowest BCUT2D eigenvalue weighted by Crippen LogP contribution is -2.29. The number of halogens is 1. The van der Waals surface area contributed by atoms with Crippen LogP contribution in [0.3, 0.4) is 0 Å². The highest BCUT2D eigenvalue weighted by Crippen LogP contribution is 2.19. The molecule has 1 aliphatic carbocycles. The van der Waals surface area contributed by atoms with Crippen molar-refractivity contribution in [3.8, 4) is 0 Å². The van der Waals surface area contributed by atoms with E-state index >= 15 is 0 Å². The van der Waals surface area contributed by atoms with Crippen LogP contribution >= 0.6 is 0 Å². The maximum atomic E-state index is 13.4. The molecule has 1 amide bonds. The van der Waals surface area contributed by atoms with Gasteiger partial charge in [0.15, 0.2) is 6.61 Å². The molecule has 1 aromatic carbocycles. The molecular weight excluding hydrogens is 309 g/mol. The van der Waals surface area contributed by atoms with Gasteiger partial charge in [-0.2, -0.15) is 0 Å². The van der Waals surface area contributed by atoms with Gasteiger partial charge in [0.2, 0.25) is 0 Å². The van der Waals surface area contributed by atoms with Gasteiger partial charge in [-0.1, -0.05) is 29.8 Å². The highest BCUT2D eigenvalue weighted by Gasteiger charge is 2.07. The summed E-state index contributed by atoms with van der Waals surface area (Å²) in [7, 11) is 0. The van der Waals surface area contributed by atoms with Crippen LogP contribution in [0.15, 0.2) is 42.0 Å². The first-order chi connectivity index (χ1) is 11.6. The van der Waals surface area contributed by atoms with Crippen molar-refractivity contribution in [2.45, 2.75) is 32.1 Å². The highest BCUT2D eigenvalue weighted by molar-refractivity contribution is 5.89. The normalized spacial score (nSPS) is 14.3. The molecule has 24 heavy (non-hydrogen) atoms. The Hall–Kier alpha value is -2.43. The topological polar surface area (TPSA) is 55.4 Å². The number of carbonyl (C=O) groups is 2. The number of hydrogen-bond donors (Lipinski definition) is 1. The van der Waals surface area contributed by atoms with E-state index in [0.29, 0.717) is 12.1 Å². The molecule has 0 radical (unpaired) electrons. The predicted molar refractivity (Wildman–Crippen MR) is 90.6 cm³/mol. The smallest absolute Gasteiger partial charge is 0.331 e. The Kier molecular flexibility index (Phi) is 7.21.